The minimum absolute atomic E-state index is 0.00172. The first-order valence-corrected chi connectivity index (χ1v) is 7.96. The van der Waals surface area contributed by atoms with Crippen LogP contribution in [0, 0.1) is 19.7 Å². The molecule has 0 spiro atoms. The van der Waals surface area contributed by atoms with Gasteiger partial charge in [-0.25, -0.2) is 4.39 Å². The van der Waals surface area contributed by atoms with E-state index in [1.54, 1.807) is 12.1 Å². The van der Waals surface area contributed by atoms with Gasteiger partial charge in [0.1, 0.15) is 5.82 Å². The number of amides is 1. The van der Waals surface area contributed by atoms with Crippen molar-refractivity contribution in [3.05, 3.63) is 53.1 Å². The largest absolute Gasteiger partial charge is 0.394 e. The molecule has 0 saturated heterocycles. The maximum atomic E-state index is 13.1. The van der Waals surface area contributed by atoms with E-state index < -0.39 is 0 Å². The van der Waals surface area contributed by atoms with Crippen molar-refractivity contribution in [3.63, 3.8) is 0 Å². The number of nitrogens with one attached hydrogen (secondary N) is 1. The highest BCUT2D eigenvalue weighted by Gasteiger charge is 2.16. The van der Waals surface area contributed by atoms with Crippen LogP contribution in [0.3, 0.4) is 0 Å². The van der Waals surface area contributed by atoms with E-state index in [0.29, 0.717) is 31.7 Å². The summed E-state index contributed by atoms with van der Waals surface area (Å²) in [4.78, 5) is 12.3. The predicted octanol–water partition coefficient (Wildman–Crippen LogP) is 2.36. The van der Waals surface area contributed by atoms with Crippen LogP contribution in [-0.4, -0.2) is 41.9 Å². The molecular formula is C18H23FN2O3. The van der Waals surface area contributed by atoms with Crippen molar-refractivity contribution >= 4 is 5.91 Å². The Morgan fingerprint density at radius 2 is 1.96 bits per heavy atom. The van der Waals surface area contributed by atoms with Crippen LogP contribution >= 0.6 is 0 Å². The third-order valence-electron chi connectivity index (χ3n) is 3.75. The van der Waals surface area contributed by atoms with Crippen molar-refractivity contribution in [2.45, 2.75) is 20.3 Å². The number of aromatic nitrogens is 1. The smallest absolute Gasteiger partial charge is 0.253 e. The second-order valence-corrected chi connectivity index (χ2v) is 5.54. The van der Waals surface area contributed by atoms with Gasteiger partial charge in [0, 0.05) is 30.2 Å². The predicted molar refractivity (Wildman–Crippen MR) is 90.1 cm³/mol. The molecule has 0 saturated carbocycles. The third-order valence-corrected chi connectivity index (χ3v) is 3.75. The van der Waals surface area contributed by atoms with Gasteiger partial charge in [0.15, 0.2) is 0 Å². The number of rotatable bonds is 8. The molecule has 0 bridgehead atoms. The lowest BCUT2D eigenvalue weighted by Crippen LogP contribution is -2.25. The Bertz CT molecular complexity index is 680. The van der Waals surface area contributed by atoms with Gasteiger partial charge >= 0.3 is 0 Å². The Kier molecular flexibility index (Phi) is 6.52. The summed E-state index contributed by atoms with van der Waals surface area (Å²) in [5, 5.41) is 11.5. The summed E-state index contributed by atoms with van der Waals surface area (Å²) in [5.74, 6) is -0.429. The van der Waals surface area contributed by atoms with Crippen LogP contribution in [0.1, 0.15) is 28.2 Å². The van der Waals surface area contributed by atoms with E-state index >= 15 is 0 Å². The van der Waals surface area contributed by atoms with Gasteiger partial charge in [-0.1, -0.05) is 0 Å². The van der Waals surface area contributed by atoms with Crippen LogP contribution in [0.15, 0.2) is 30.3 Å². The minimum atomic E-state index is -0.289. The van der Waals surface area contributed by atoms with Gasteiger partial charge in [-0.05, 0) is 50.6 Å². The first-order valence-electron chi connectivity index (χ1n) is 7.96. The minimum Gasteiger partial charge on any atom is -0.394 e. The lowest BCUT2D eigenvalue weighted by atomic mass is 10.2. The standard InChI is InChI=1S/C18H23FN2O3/c1-13-12-17(18(23)20-8-3-10-24-11-9-22)14(2)21(13)16-6-4-15(19)5-7-16/h4-7,12,22H,3,8-11H2,1-2H3,(H,20,23). The zero-order valence-corrected chi connectivity index (χ0v) is 14.0. The van der Waals surface area contributed by atoms with E-state index in [1.807, 2.05) is 24.5 Å². The highest BCUT2D eigenvalue weighted by atomic mass is 19.1. The van der Waals surface area contributed by atoms with Gasteiger partial charge in [-0.2, -0.15) is 0 Å². The molecule has 0 radical (unpaired) electrons. The lowest BCUT2D eigenvalue weighted by Gasteiger charge is -2.10. The van der Waals surface area contributed by atoms with Crippen molar-refractivity contribution in [2.75, 3.05) is 26.4 Å². The molecule has 2 N–H and O–H groups in total. The van der Waals surface area contributed by atoms with E-state index in [1.165, 1.54) is 12.1 Å². The third kappa shape index (κ3) is 4.43. The quantitative estimate of drug-likeness (QED) is 0.729. The van der Waals surface area contributed by atoms with E-state index in [2.05, 4.69) is 5.32 Å². The second kappa shape index (κ2) is 8.61. The molecule has 1 amide bonds. The molecule has 0 aliphatic heterocycles. The van der Waals surface area contributed by atoms with Crippen LogP contribution in [0.5, 0.6) is 0 Å². The molecule has 1 heterocycles. The number of hydrogen-bond acceptors (Lipinski definition) is 3. The molecule has 1 aromatic carbocycles. The number of hydrogen-bond donors (Lipinski definition) is 2. The normalized spacial score (nSPS) is 10.8. The summed E-state index contributed by atoms with van der Waals surface area (Å²) in [7, 11) is 0. The van der Waals surface area contributed by atoms with Crippen LogP contribution in [0.25, 0.3) is 5.69 Å². The summed E-state index contributed by atoms with van der Waals surface area (Å²) < 4.78 is 20.2. The average molecular weight is 334 g/mol. The van der Waals surface area contributed by atoms with Gasteiger partial charge in [-0.15, -0.1) is 0 Å². The Morgan fingerprint density at radius 3 is 2.62 bits per heavy atom. The first kappa shape index (κ1) is 18.2. The fourth-order valence-electron chi connectivity index (χ4n) is 2.62. The number of aliphatic hydroxyl groups is 1. The van der Waals surface area contributed by atoms with Crippen LogP contribution < -0.4 is 5.32 Å². The van der Waals surface area contributed by atoms with Gasteiger partial charge < -0.3 is 19.7 Å². The van der Waals surface area contributed by atoms with Crippen molar-refractivity contribution in [1.29, 1.82) is 0 Å². The number of halogens is 1. The Morgan fingerprint density at radius 1 is 1.25 bits per heavy atom. The molecule has 5 nitrogen and oxygen atoms in total. The van der Waals surface area contributed by atoms with Crippen molar-refractivity contribution < 1.29 is 19.0 Å². The SMILES string of the molecule is Cc1cc(C(=O)NCCCOCCO)c(C)n1-c1ccc(F)cc1. The Labute approximate surface area is 141 Å². The number of carbonyl (C=O) groups excluding carboxylic acids is 1. The Hall–Kier alpha value is -2.18. The van der Waals surface area contributed by atoms with E-state index in [4.69, 9.17) is 9.84 Å². The number of nitrogens with zero attached hydrogens (tertiary/aromatic N) is 1. The number of ether oxygens (including phenoxy) is 1. The van der Waals surface area contributed by atoms with Gasteiger partial charge in [0.25, 0.3) is 5.91 Å². The summed E-state index contributed by atoms with van der Waals surface area (Å²) in [5.41, 5.74) is 3.15. The molecule has 130 valence electrons. The second-order valence-electron chi connectivity index (χ2n) is 5.54. The molecule has 2 rings (SSSR count). The summed E-state index contributed by atoms with van der Waals surface area (Å²) >= 11 is 0. The fourth-order valence-corrected chi connectivity index (χ4v) is 2.62. The van der Waals surface area contributed by atoms with Crippen molar-refractivity contribution in [2.24, 2.45) is 0 Å². The zero-order chi connectivity index (χ0) is 17.5. The number of benzene rings is 1. The number of aryl methyl sites for hydroxylation is 1. The van der Waals surface area contributed by atoms with Crippen molar-refractivity contribution in [1.82, 2.24) is 9.88 Å². The van der Waals surface area contributed by atoms with Crippen LogP contribution in [0.4, 0.5) is 4.39 Å². The molecule has 6 heteroatoms. The highest BCUT2D eigenvalue weighted by molar-refractivity contribution is 5.95. The summed E-state index contributed by atoms with van der Waals surface area (Å²) in [6, 6.07) is 8.02. The van der Waals surface area contributed by atoms with Gasteiger partial charge in [0.05, 0.1) is 18.8 Å². The van der Waals surface area contributed by atoms with E-state index in [-0.39, 0.29) is 18.3 Å². The first-order chi connectivity index (χ1) is 11.5. The fraction of sp³-hybridized carbons (Fsp3) is 0.389. The number of carbonyl (C=O) groups is 1. The average Bonchev–Trinajstić information content (AvgIpc) is 2.86. The molecular weight excluding hydrogens is 311 g/mol. The number of aliphatic hydroxyl groups excluding tert-OH is 1. The van der Waals surface area contributed by atoms with E-state index in [9.17, 15) is 9.18 Å². The van der Waals surface area contributed by atoms with Crippen molar-refractivity contribution in [3.8, 4) is 5.69 Å². The molecule has 0 atom stereocenters. The molecule has 0 aliphatic carbocycles. The van der Waals surface area contributed by atoms with Crippen LogP contribution in [-0.2, 0) is 4.74 Å². The maximum Gasteiger partial charge on any atom is 0.253 e. The molecule has 0 unspecified atom stereocenters. The zero-order valence-electron chi connectivity index (χ0n) is 14.0. The van der Waals surface area contributed by atoms with E-state index in [0.717, 1.165) is 17.1 Å². The van der Waals surface area contributed by atoms with Gasteiger partial charge in [0.2, 0.25) is 0 Å². The molecule has 0 fully saturated rings. The highest BCUT2D eigenvalue weighted by Crippen LogP contribution is 2.21. The molecule has 1 aromatic heterocycles. The Balaban J connectivity index is 2.02. The molecule has 24 heavy (non-hydrogen) atoms. The van der Waals surface area contributed by atoms with Gasteiger partial charge in [-0.3, -0.25) is 4.79 Å². The maximum absolute atomic E-state index is 13.1. The molecule has 0 aliphatic rings. The topological polar surface area (TPSA) is 63.5 Å². The summed E-state index contributed by atoms with van der Waals surface area (Å²) in [6.07, 6.45) is 0.683. The molecule has 2 aromatic rings. The monoisotopic (exact) mass is 334 g/mol. The summed E-state index contributed by atoms with van der Waals surface area (Å²) in [6.45, 7) is 5.10. The lowest BCUT2D eigenvalue weighted by molar-refractivity contribution is 0.0867. The van der Waals surface area contributed by atoms with Crippen LogP contribution in [0.2, 0.25) is 0 Å².